The highest BCUT2D eigenvalue weighted by molar-refractivity contribution is 6.32. The Balaban J connectivity index is 1.62. The fraction of sp³-hybridized carbons (Fsp3) is 0.436. The van der Waals surface area contributed by atoms with Gasteiger partial charge in [-0.15, -0.1) is 0 Å². The third-order valence-corrected chi connectivity index (χ3v) is 9.47. The highest BCUT2D eigenvalue weighted by atomic mass is 35.5. The van der Waals surface area contributed by atoms with Gasteiger partial charge in [0.15, 0.2) is 0 Å². The minimum Gasteiger partial charge on any atom is -0.488 e. The minimum absolute atomic E-state index is 0.106. The summed E-state index contributed by atoms with van der Waals surface area (Å²) >= 11 is 6.86. The Kier molecular flexibility index (Phi) is 14.6. The molecule has 12 heteroatoms. The molecule has 0 saturated carbocycles. The average molecular weight is 721 g/mol. The fourth-order valence-electron chi connectivity index (χ4n) is 5.71. The van der Waals surface area contributed by atoms with Crippen LogP contribution in [-0.2, 0) is 17.9 Å². The van der Waals surface area contributed by atoms with Crippen LogP contribution in [0.3, 0.4) is 0 Å². The summed E-state index contributed by atoms with van der Waals surface area (Å²) in [6, 6.07) is 17.4. The molecule has 1 unspecified atom stereocenters. The van der Waals surface area contributed by atoms with Gasteiger partial charge in [-0.25, -0.2) is 0 Å². The van der Waals surface area contributed by atoms with Crippen LogP contribution in [-0.4, -0.2) is 88.8 Å². The molecule has 0 fully saturated rings. The lowest BCUT2D eigenvalue weighted by Gasteiger charge is -2.47. The number of ether oxygens (including phenoxy) is 3. The molecule has 51 heavy (non-hydrogen) atoms. The van der Waals surface area contributed by atoms with Crippen LogP contribution in [0, 0.1) is 16.7 Å². The summed E-state index contributed by atoms with van der Waals surface area (Å²) in [7, 11) is 0. The molecule has 0 aliphatic heterocycles. The van der Waals surface area contributed by atoms with E-state index in [4.69, 9.17) is 30.9 Å². The number of pyridine rings is 1. The van der Waals surface area contributed by atoms with Crippen LogP contribution in [0.4, 0.5) is 0 Å². The molecular weight excluding hydrogens is 672 g/mol. The van der Waals surface area contributed by atoms with Gasteiger partial charge in [-0.2, -0.15) is 5.26 Å². The number of aliphatic hydroxyl groups excluding tert-OH is 4. The van der Waals surface area contributed by atoms with Crippen molar-refractivity contribution in [2.24, 2.45) is 5.41 Å². The molecule has 3 aromatic rings. The van der Waals surface area contributed by atoms with Gasteiger partial charge in [0, 0.05) is 54.7 Å². The zero-order chi connectivity index (χ0) is 36.9. The van der Waals surface area contributed by atoms with Crippen molar-refractivity contribution in [1.29, 1.82) is 5.26 Å². The van der Waals surface area contributed by atoms with Gasteiger partial charge in [-0.05, 0) is 49.2 Å². The molecule has 0 bridgehead atoms. The van der Waals surface area contributed by atoms with Crippen LogP contribution in [0.2, 0.25) is 5.02 Å². The second kappa shape index (κ2) is 18.6. The summed E-state index contributed by atoms with van der Waals surface area (Å²) < 4.78 is 19.6. The first-order valence-electron chi connectivity index (χ1n) is 17.0. The van der Waals surface area contributed by atoms with Crippen molar-refractivity contribution < 1.29 is 34.6 Å². The molecule has 2 atom stereocenters. The van der Waals surface area contributed by atoms with Gasteiger partial charge >= 0.3 is 0 Å². The second-order valence-electron chi connectivity index (χ2n) is 13.5. The van der Waals surface area contributed by atoms with Crippen LogP contribution in [0.15, 0.2) is 79.2 Å². The molecule has 1 aliphatic rings. The summed E-state index contributed by atoms with van der Waals surface area (Å²) in [5.74, 6) is 0.825. The zero-order valence-electron chi connectivity index (χ0n) is 29.4. The van der Waals surface area contributed by atoms with Crippen molar-refractivity contribution in [1.82, 2.24) is 15.6 Å². The number of nitriles is 1. The number of aliphatic hydroxyl groups is 4. The van der Waals surface area contributed by atoms with Crippen molar-refractivity contribution in [2.45, 2.75) is 57.6 Å². The minimum atomic E-state index is -0.940. The lowest BCUT2D eigenvalue weighted by atomic mass is 9.65. The van der Waals surface area contributed by atoms with E-state index >= 15 is 0 Å². The van der Waals surface area contributed by atoms with Crippen molar-refractivity contribution in [3.8, 4) is 17.6 Å². The summed E-state index contributed by atoms with van der Waals surface area (Å²) in [6.45, 7) is 6.78. The SMILES string of the molecule is CC(CO)(CO)NCc1cc(Cl)c(OC[C@]2(OCCCNCC(O)CO)C=CC=C(c3ccccc3)C2(C)C)cc1OCc1cncc(C#N)c1. The van der Waals surface area contributed by atoms with Crippen molar-refractivity contribution in [3.63, 3.8) is 0 Å². The van der Waals surface area contributed by atoms with E-state index in [0.717, 1.165) is 11.1 Å². The number of halogens is 1. The maximum Gasteiger partial charge on any atom is 0.141 e. The Labute approximate surface area is 305 Å². The number of nitrogens with one attached hydrogen (secondary N) is 2. The van der Waals surface area contributed by atoms with Gasteiger partial charge in [-0.3, -0.25) is 4.98 Å². The van der Waals surface area contributed by atoms with E-state index in [9.17, 15) is 20.6 Å². The molecule has 0 radical (unpaired) electrons. The standard InChI is InChI=1S/C39H49ClN4O7/c1-37(2)33(30-9-5-4-6-10-30)11-7-12-39(37,51-14-8-13-42-22-32(48)23-45)27-50-36-17-35(49-24-29-15-28(18-41)19-43-20-29)31(16-34(36)40)21-44-38(3,25-46)26-47/h4-7,9-12,15-17,19-20,32,42,44-48H,8,13-14,21-27H2,1-3H3/t32?,39-/m1/s1. The molecule has 0 spiro atoms. The lowest BCUT2D eigenvalue weighted by molar-refractivity contribution is -0.0916. The number of aromatic nitrogens is 1. The summed E-state index contributed by atoms with van der Waals surface area (Å²) in [6.07, 6.45) is 9.04. The van der Waals surface area contributed by atoms with Crippen LogP contribution in [0.25, 0.3) is 5.57 Å². The Morgan fingerprint density at radius 2 is 1.80 bits per heavy atom. The molecule has 1 heterocycles. The highest BCUT2D eigenvalue weighted by Gasteiger charge is 2.49. The molecule has 2 aromatic carbocycles. The molecule has 0 amide bonds. The monoisotopic (exact) mass is 720 g/mol. The van der Waals surface area contributed by atoms with Gasteiger partial charge in [0.25, 0.3) is 0 Å². The van der Waals surface area contributed by atoms with Gasteiger partial charge < -0.3 is 45.3 Å². The fourth-order valence-corrected chi connectivity index (χ4v) is 5.95. The second-order valence-corrected chi connectivity index (χ2v) is 13.9. The number of nitrogens with zero attached hydrogens (tertiary/aromatic N) is 2. The summed E-state index contributed by atoms with van der Waals surface area (Å²) in [5.41, 5.74) is 1.51. The third kappa shape index (κ3) is 10.4. The van der Waals surface area contributed by atoms with Crippen LogP contribution >= 0.6 is 11.6 Å². The molecule has 0 saturated heterocycles. The largest absolute Gasteiger partial charge is 0.488 e. The maximum atomic E-state index is 9.84. The first-order valence-corrected chi connectivity index (χ1v) is 17.4. The Morgan fingerprint density at radius 1 is 1.04 bits per heavy atom. The van der Waals surface area contributed by atoms with E-state index in [1.54, 1.807) is 31.3 Å². The molecule has 274 valence electrons. The van der Waals surface area contributed by atoms with Crippen molar-refractivity contribution >= 4 is 17.2 Å². The molecule has 6 N–H and O–H groups in total. The van der Waals surface area contributed by atoms with Crippen LogP contribution < -0.4 is 20.1 Å². The number of hydrogen-bond acceptors (Lipinski definition) is 11. The smallest absolute Gasteiger partial charge is 0.141 e. The van der Waals surface area contributed by atoms with E-state index in [1.165, 1.54) is 6.20 Å². The Bertz CT molecular complexity index is 1670. The van der Waals surface area contributed by atoms with Gasteiger partial charge in [-0.1, -0.05) is 67.9 Å². The van der Waals surface area contributed by atoms with Gasteiger partial charge in [0.05, 0.1) is 42.0 Å². The van der Waals surface area contributed by atoms with Crippen molar-refractivity contribution in [3.05, 3.63) is 106 Å². The van der Waals surface area contributed by atoms with Gasteiger partial charge in [0.2, 0.25) is 0 Å². The molecule has 1 aliphatic carbocycles. The molecule has 11 nitrogen and oxygen atoms in total. The van der Waals surface area contributed by atoms with Crippen LogP contribution in [0.5, 0.6) is 11.5 Å². The van der Waals surface area contributed by atoms with Crippen molar-refractivity contribution in [2.75, 3.05) is 46.1 Å². The molecule has 1 aromatic heterocycles. The average Bonchev–Trinajstić information content (AvgIpc) is 3.15. The first kappa shape index (κ1) is 39.9. The third-order valence-electron chi connectivity index (χ3n) is 9.17. The number of hydrogen-bond donors (Lipinski definition) is 6. The van der Waals surface area contributed by atoms with E-state index in [1.807, 2.05) is 30.4 Å². The zero-order valence-corrected chi connectivity index (χ0v) is 30.2. The number of allylic oxidation sites excluding steroid dienone is 2. The number of rotatable bonds is 20. The number of benzene rings is 2. The first-order chi connectivity index (χ1) is 24.5. The van der Waals surface area contributed by atoms with Crippen LogP contribution in [0.1, 0.15) is 49.4 Å². The molecule has 4 rings (SSSR count). The summed E-state index contributed by atoms with van der Waals surface area (Å²) in [4.78, 5) is 4.13. The van der Waals surface area contributed by atoms with E-state index in [-0.39, 0.29) is 46.1 Å². The summed E-state index contributed by atoms with van der Waals surface area (Å²) in [5, 5.41) is 54.5. The normalized spacial score (nSPS) is 17.4. The predicted octanol–water partition coefficient (Wildman–Crippen LogP) is 4.17. The van der Waals surface area contributed by atoms with Gasteiger partial charge in [0.1, 0.15) is 36.4 Å². The Morgan fingerprint density at radius 3 is 2.51 bits per heavy atom. The Hall–Kier alpha value is -3.83. The predicted molar refractivity (Wildman–Crippen MR) is 196 cm³/mol. The quantitative estimate of drug-likeness (QED) is 0.0927. The lowest BCUT2D eigenvalue weighted by Crippen LogP contribution is -2.52. The highest BCUT2D eigenvalue weighted by Crippen LogP contribution is 2.49. The topological polar surface area (TPSA) is 169 Å². The van der Waals surface area contributed by atoms with E-state index in [2.05, 4.69) is 53.7 Å². The van der Waals surface area contributed by atoms with E-state index in [0.29, 0.717) is 52.8 Å². The maximum absolute atomic E-state index is 9.84. The molecular formula is C39H49ClN4O7. The van der Waals surface area contributed by atoms with E-state index < -0.39 is 22.7 Å².